The van der Waals surface area contributed by atoms with E-state index in [1.807, 2.05) is 4.90 Å². The Balaban J connectivity index is 2.25. The number of nitrogens with zero attached hydrogens (tertiary/aromatic N) is 1. The predicted molar refractivity (Wildman–Crippen MR) is 55.9 cm³/mol. The standard InChI is InChI=1S/C12H15NO/c1-10-4-2-5-11(8-10)12-6-3-7-13(12)9-14/h2,4-5,8-9,12H,3,6-7H2,1H3. The molecule has 1 amide bonds. The second-order valence-corrected chi connectivity index (χ2v) is 3.92. The number of rotatable bonds is 2. The van der Waals surface area contributed by atoms with Gasteiger partial charge in [-0.2, -0.15) is 0 Å². The van der Waals surface area contributed by atoms with Gasteiger partial charge in [0.15, 0.2) is 0 Å². The molecule has 0 radical (unpaired) electrons. The number of aryl methyl sites for hydroxylation is 1. The quantitative estimate of drug-likeness (QED) is 0.654. The van der Waals surface area contributed by atoms with Crippen molar-refractivity contribution in [1.29, 1.82) is 0 Å². The number of carbonyl (C=O) groups is 1. The molecule has 1 atom stereocenters. The Labute approximate surface area is 84.5 Å². The Bertz CT molecular complexity index is 335. The maximum Gasteiger partial charge on any atom is 0.210 e. The van der Waals surface area contributed by atoms with Gasteiger partial charge in [-0.1, -0.05) is 29.8 Å². The summed E-state index contributed by atoms with van der Waals surface area (Å²) in [6.07, 6.45) is 3.19. The van der Waals surface area contributed by atoms with Crippen molar-refractivity contribution in [2.45, 2.75) is 25.8 Å². The number of hydrogen-bond donors (Lipinski definition) is 0. The highest BCUT2D eigenvalue weighted by Gasteiger charge is 2.24. The molecule has 0 aliphatic carbocycles. The molecule has 1 aliphatic heterocycles. The third-order valence-corrected chi connectivity index (χ3v) is 2.86. The lowest BCUT2D eigenvalue weighted by atomic mass is 10.0. The molecule has 0 aromatic heterocycles. The van der Waals surface area contributed by atoms with Gasteiger partial charge in [0.1, 0.15) is 0 Å². The third-order valence-electron chi connectivity index (χ3n) is 2.86. The van der Waals surface area contributed by atoms with Gasteiger partial charge in [0, 0.05) is 6.54 Å². The molecule has 1 aliphatic rings. The van der Waals surface area contributed by atoms with Gasteiger partial charge in [-0.3, -0.25) is 4.79 Å². The van der Waals surface area contributed by atoms with Gasteiger partial charge >= 0.3 is 0 Å². The van der Waals surface area contributed by atoms with Crippen LogP contribution in [-0.2, 0) is 4.79 Å². The first-order chi connectivity index (χ1) is 6.81. The van der Waals surface area contributed by atoms with Crippen molar-refractivity contribution in [3.8, 4) is 0 Å². The lowest BCUT2D eigenvalue weighted by Crippen LogP contribution is -2.21. The number of hydrogen-bond acceptors (Lipinski definition) is 1. The first kappa shape index (κ1) is 9.25. The molecule has 1 saturated heterocycles. The van der Waals surface area contributed by atoms with Crippen LogP contribution in [0.25, 0.3) is 0 Å². The Morgan fingerprint density at radius 1 is 1.50 bits per heavy atom. The Morgan fingerprint density at radius 2 is 2.36 bits per heavy atom. The van der Waals surface area contributed by atoms with Crippen LogP contribution in [0.5, 0.6) is 0 Å². The van der Waals surface area contributed by atoms with E-state index in [1.165, 1.54) is 11.1 Å². The molecule has 2 nitrogen and oxygen atoms in total. The maximum atomic E-state index is 10.8. The summed E-state index contributed by atoms with van der Waals surface area (Å²) in [5, 5.41) is 0. The van der Waals surface area contributed by atoms with Gasteiger partial charge in [0.05, 0.1) is 6.04 Å². The SMILES string of the molecule is Cc1cccc(C2CCCN2C=O)c1. The van der Waals surface area contributed by atoms with Gasteiger partial charge in [-0.05, 0) is 25.3 Å². The van der Waals surface area contributed by atoms with E-state index < -0.39 is 0 Å². The number of amides is 1. The van der Waals surface area contributed by atoms with E-state index in [0.29, 0.717) is 6.04 Å². The van der Waals surface area contributed by atoms with Gasteiger partial charge in [0.25, 0.3) is 0 Å². The van der Waals surface area contributed by atoms with E-state index in [1.54, 1.807) is 0 Å². The molecule has 14 heavy (non-hydrogen) atoms. The average molecular weight is 189 g/mol. The van der Waals surface area contributed by atoms with Crippen molar-refractivity contribution in [2.24, 2.45) is 0 Å². The van der Waals surface area contributed by atoms with Crippen molar-refractivity contribution < 1.29 is 4.79 Å². The van der Waals surface area contributed by atoms with Gasteiger partial charge in [0.2, 0.25) is 6.41 Å². The highest BCUT2D eigenvalue weighted by molar-refractivity contribution is 5.49. The zero-order valence-electron chi connectivity index (χ0n) is 8.44. The van der Waals surface area contributed by atoms with E-state index in [9.17, 15) is 4.79 Å². The monoisotopic (exact) mass is 189 g/mol. The molecule has 0 bridgehead atoms. The molecular formula is C12H15NO. The lowest BCUT2D eigenvalue weighted by Gasteiger charge is -2.20. The van der Waals surface area contributed by atoms with Crippen LogP contribution in [-0.4, -0.2) is 17.9 Å². The number of benzene rings is 1. The summed E-state index contributed by atoms with van der Waals surface area (Å²) < 4.78 is 0. The summed E-state index contributed by atoms with van der Waals surface area (Å²) in [5.41, 5.74) is 2.54. The van der Waals surface area contributed by atoms with Crippen molar-refractivity contribution in [3.63, 3.8) is 0 Å². The van der Waals surface area contributed by atoms with Gasteiger partial charge in [-0.25, -0.2) is 0 Å². The highest BCUT2D eigenvalue weighted by Crippen LogP contribution is 2.30. The van der Waals surface area contributed by atoms with E-state index in [2.05, 4.69) is 31.2 Å². The van der Waals surface area contributed by atoms with Crippen LogP contribution in [0, 0.1) is 6.92 Å². The van der Waals surface area contributed by atoms with E-state index >= 15 is 0 Å². The van der Waals surface area contributed by atoms with Crippen LogP contribution in [0.4, 0.5) is 0 Å². The maximum absolute atomic E-state index is 10.8. The van der Waals surface area contributed by atoms with Crippen LogP contribution in [0.2, 0.25) is 0 Å². The van der Waals surface area contributed by atoms with Gasteiger partial charge in [-0.15, -0.1) is 0 Å². The summed E-state index contributed by atoms with van der Waals surface area (Å²) in [4.78, 5) is 12.7. The van der Waals surface area contributed by atoms with E-state index in [-0.39, 0.29) is 0 Å². The minimum absolute atomic E-state index is 0.312. The normalized spacial score (nSPS) is 21.2. The van der Waals surface area contributed by atoms with Crippen LogP contribution in [0.3, 0.4) is 0 Å². The zero-order valence-corrected chi connectivity index (χ0v) is 8.44. The molecule has 0 spiro atoms. The number of likely N-dealkylation sites (tertiary alicyclic amines) is 1. The molecule has 1 aromatic carbocycles. The molecule has 1 fully saturated rings. The Hall–Kier alpha value is -1.31. The molecule has 1 aromatic rings. The summed E-state index contributed by atoms with van der Waals surface area (Å²) in [6.45, 7) is 2.99. The molecule has 74 valence electrons. The van der Waals surface area contributed by atoms with Crippen molar-refractivity contribution in [2.75, 3.05) is 6.54 Å². The van der Waals surface area contributed by atoms with Crippen LogP contribution < -0.4 is 0 Å². The average Bonchev–Trinajstić information content (AvgIpc) is 2.65. The summed E-state index contributed by atoms with van der Waals surface area (Å²) in [6, 6.07) is 8.74. The molecular weight excluding hydrogens is 174 g/mol. The fraction of sp³-hybridized carbons (Fsp3) is 0.417. The molecule has 1 heterocycles. The van der Waals surface area contributed by atoms with Gasteiger partial charge < -0.3 is 4.90 Å². The third kappa shape index (κ3) is 1.65. The fourth-order valence-corrected chi connectivity index (χ4v) is 2.15. The van der Waals surface area contributed by atoms with Crippen molar-refractivity contribution in [3.05, 3.63) is 35.4 Å². The Kier molecular flexibility index (Phi) is 2.53. The first-order valence-corrected chi connectivity index (χ1v) is 5.09. The zero-order chi connectivity index (χ0) is 9.97. The summed E-state index contributed by atoms with van der Waals surface area (Å²) in [5.74, 6) is 0. The Morgan fingerprint density at radius 3 is 3.07 bits per heavy atom. The predicted octanol–water partition coefficient (Wildman–Crippen LogP) is 2.29. The van der Waals surface area contributed by atoms with Crippen LogP contribution >= 0.6 is 0 Å². The molecule has 2 heteroatoms. The smallest absolute Gasteiger partial charge is 0.210 e. The molecule has 0 N–H and O–H groups in total. The molecule has 1 unspecified atom stereocenters. The summed E-state index contributed by atoms with van der Waals surface area (Å²) in [7, 11) is 0. The molecule has 0 saturated carbocycles. The van der Waals surface area contributed by atoms with Crippen molar-refractivity contribution in [1.82, 2.24) is 4.90 Å². The fourth-order valence-electron chi connectivity index (χ4n) is 2.15. The minimum Gasteiger partial charge on any atom is -0.338 e. The van der Waals surface area contributed by atoms with Crippen LogP contribution in [0.1, 0.15) is 30.0 Å². The van der Waals surface area contributed by atoms with Crippen LogP contribution in [0.15, 0.2) is 24.3 Å². The summed E-state index contributed by atoms with van der Waals surface area (Å²) >= 11 is 0. The molecule has 2 rings (SSSR count). The number of carbonyl (C=O) groups excluding carboxylic acids is 1. The minimum atomic E-state index is 0.312. The second kappa shape index (κ2) is 3.82. The second-order valence-electron chi connectivity index (χ2n) is 3.92. The highest BCUT2D eigenvalue weighted by atomic mass is 16.1. The topological polar surface area (TPSA) is 20.3 Å². The first-order valence-electron chi connectivity index (χ1n) is 5.09. The van der Waals surface area contributed by atoms with E-state index in [4.69, 9.17) is 0 Å². The van der Waals surface area contributed by atoms with E-state index in [0.717, 1.165) is 25.8 Å². The lowest BCUT2D eigenvalue weighted by molar-refractivity contribution is -0.118. The van der Waals surface area contributed by atoms with Crippen molar-refractivity contribution >= 4 is 6.41 Å². The largest absolute Gasteiger partial charge is 0.338 e.